The first-order valence-corrected chi connectivity index (χ1v) is 10.0. The number of aryl methyl sites for hydroxylation is 1. The van der Waals surface area contributed by atoms with Gasteiger partial charge in [0.25, 0.3) is 0 Å². The van der Waals surface area contributed by atoms with Crippen molar-refractivity contribution in [1.29, 1.82) is 0 Å². The zero-order chi connectivity index (χ0) is 21.3. The number of nitrogens with zero attached hydrogens (tertiary/aromatic N) is 5. The number of carbonyl (C=O) groups excluding carboxylic acids is 1. The van der Waals surface area contributed by atoms with Crippen LogP contribution in [0.3, 0.4) is 0 Å². The minimum atomic E-state index is -0.430. The van der Waals surface area contributed by atoms with Crippen molar-refractivity contribution in [2.75, 3.05) is 23.7 Å². The summed E-state index contributed by atoms with van der Waals surface area (Å²) < 4.78 is 16.2. The molecule has 0 aromatic carbocycles. The van der Waals surface area contributed by atoms with Gasteiger partial charge >= 0.3 is 0 Å². The van der Waals surface area contributed by atoms with Gasteiger partial charge in [-0.05, 0) is 25.3 Å². The quantitative estimate of drug-likeness (QED) is 0.538. The van der Waals surface area contributed by atoms with E-state index < -0.39 is 5.82 Å². The van der Waals surface area contributed by atoms with Gasteiger partial charge in [0.1, 0.15) is 11.5 Å². The molecule has 0 bridgehead atoms. The molecule has 3 aromatic rings. The zero-order valence-corrected chi connectivity index (χ0v) is 17.0. The lowest BCUT2D eigenvalue weighted by atomic mass is 9.93. The SMILES string of the molecule is C=CC(=O)N1CC[C@@H](C)[C@@H](Nc2nc(Nc3cnn(CC)c3)nc3[nH]cc(F)c23)C1. The monoisotopic (exact) mass is 412 g/mol. The Morgan fingerprint density at radius 2 is 2.30 bits per heavy atom. The highest BCUT2D eigenvalue weighted by Crippen LogP contribution is 2.29. The third-order valence-electron chi connectivity index (χ3n) is 5.46. The smallest absolute Gasteiger partial charge is 0.246 e. The second-order valence-corrected chi connectivity index (χ2v) is 7.47. The second kappa shape index (κ2) is 8.13. The normalized spacial score (nSPS) is 19.1. The number of likely N-dealkylation sites (tertiary alicyclic amines) is 1. The highest BCUT2D eigenvalue weighted by Gasteiger charge is 2.29. The Bertz CT molecular complexity index is 1070. The molecule has 1 aliphatic heterocycles. The Morgan fingerprint density at radius 1 is 1.47 bits per heavy atom. The van der Waals surface area contributed by atoms with Gasteiger partial charge in [0.2, 0.25) is 11.9 Å². The predicted molar refractivity (Wildman–Crippen MR) is 113 cm³/mol. The number of hydrogen-bond acceptors (Lipinski definition) is 6. The summed E-state index contributed by atoms with van der Waals surface area (Å²) in [5.41, 5.74) is 1.13. The number of H-pyrrole nitrogens is 1. The van der Waals surface area contributed by atoms with E-state index in [-0.39, 0.29) is 17.9 Å². The highest BCUT2D eigenvalue weighted by molar-refractivity contribution is 5.89. The Balaban J connectivity index is 1.64. The Morgan fingerprint density at radius 3 is 3.03 bits per heavy atom. The number of hydrogen-bond donors (Lipinski definition) is 3. The molecule has 1 fully saturated rings. The van der Waals surface area contributed by atoms with Gasteiger partial charge in [-0.3, -0.25) is 9.48 Å². The number of halogens is 1. The summed E-state index contributed by atoms with van der Waals surface area (Å²) in [6.45, 7) is 9.59. The Labute approximate surface area is 173 Å². The molecular weight excluding hydrogens is 387 g/mol. The van der Waals surface area contributed by atoms with Crippen LogP contribution in [0.15, 0.2) is 31.2 Å². The van der Waals surface area contributed by atoms with Crippen molar-refractivity contribution in [2.45, 2.75) is 32.9 Å². The zero-order valence-electron chi connectivity index (χ0n) is 17.0. The van der Waals surface area contributed by atoms with Gasteiger partial charge in [-0.25, -0.2) is 4.39 Å². The van der Waals surface area contributed by atoms with Crippen LogP contribution in [0.2, 0.25) is 0 Å². The van der Waals surface area contributed by atoms with Crippen molar-refractivity contribution in [1.82, 2.24) is 29.6 Å². The van der Waals surface area contributed by atoms with Gasteiger partial charge in [-0.15, -0.1) is 0 Å². The molecule has 4 rings (SSSR count). The molecule has 3 N–H and O–H groups in total. The Hall–Kier alpha value is -3.43. The first-order valence-electron chi connectivity index (χ1n) is 10.0. The number of anilines is 3. The summed E-state index contributed by atoms with van der Waals surface area (Å²) in [6, 6.07) is -0.0780. The molecular formula is C20H25FN8O. The predicted octanol–water partition coefficient (Wildman–Crippen LogP) is 2.89. The molecule has 1 amide bonds. The van der Waals surface area contributed by atoms with E-state index in [9.17, 15) is 9.18 Å². The third kappa shape index (κ3) is 3.85. The van der Waals surface area contributed by atoms with Gasteiger partial charge in [-0.2, -0.15) is 15.1 Å². The molecule has 0 spiro atoms. The van der Waals surface area contributed by atoms with Gasteiger partial charge in [-0.1, -0.05) is 13.5 Å². The average Bonchev–Trinajstić information content (AvgIpc) is 3.35. The van der Waals surface area contributed by atoms with E-state index in [0.29, 0.717) is 35.9 Å². The largest absolute Gasteiger partial charge is 0.364 e. The van der Waals surface area contributed by atoms with Crippen LogP contribution in [0.1, 0.15) is 20.3 Å². The number of aromatic nitrogens is 5. The van der Waals surface area contributed by atoms with Gasteiger partial charge in [0.05, 0.1) is 17.3 Å². The summed E-state index contributed by atoms with van der Waals surface area (Å²) in [5, 5.41) is 11.0. The Kier molecular flexibility index (Phi) is 5.39. The molecule has 0 radical (unpaired) electrons. The van der Waals surface area contributed by atoms with E-state index in [4.69, 9.17) is 0 Å². The van der Waals surface area contributed by atoms with E-state index >= 15 is 0 Å². The van der Waals surface area contributed by atoms with Gasteiger partial charge < -0.3 is 20.5 Å². The second-order valence-electron chi connectivity index (χ2n) is 7.47. The maximum Gasteiger partial charge on any atom is 0.246 e. The van der Waals surface area contributed by atoms with Crippen LogP contribution >= 0.6 is 0 Å². The molecule has 10 heteroatoms. The first-order chi connectivity index (χ1) is 14.5. The summed E-state index contributed by atoms with van der Waals surface area (Å²) in [5.74, 6) is 0.453. The van der Waals surface area contributed by atoms with E-state index in [1.165, 1.54) is 12.3 Å². The lowest BCUT2D eigenvalue weighted by molar-refractivity contribution is -0.127. The molecule has 9 nitrogen and oxygen atoms in total. The lowest BCUT2D eigenvalue weighted by Crippen LogP contribution is -2.48. The number of nitrogens with one attached hydrogen (secondary N) is 3. The van der Waals surface area contributed by atoms with Crippen LogP contribution in [0.4, 0.5) is 21.8 Å². The number of carbonyl (C=O) groups is 1. The van der Waals surface area contributed by atoms with Crippen molar-refractivity contribution in [3.8, 4) is 0 Å². The maximum atomic E-state index is 14.5. The fourth-order valence-corrected chi connectivity index (χ4v) is 3.65. The molecule has 1 saturated heterocycles. The fourth-order valence-electron chi connectivity index (χ4n) is 3.65. The third-order valence-corrected chi connectivity index (χ3v) is 5.46. The van der Waals surface area contributed by atoms with Crippen LogP contribution in [0.5, 0.6) is 0 Å². The van der Waals surface area contributed by atoms with E-state index in [0.717, 1.165) is 18.7 Å². The number of rotatable bonds is 6. The molecule has 0 aliphatic carbocycles. The minimum Gasteiger partial charge on any atom is -0.364 e. The number of aromatic amines is 1. The topological polar surface area (TPSA) is 104 Å². The average molecular weight is 412 g/mol. The van der Waals surface area contributed by atoms with Crippen LogP contribution in [0.25, 0.3) is 11.0 Å². The molecule has 1 aliphatic rings. The van der Waals surface area contributed by atoms with Crippen molar-refractivity contribution >= 4 is 34.4 Å². The van der Waals surface area contributed by atoms with Crippen LogP contribution in [-0.4, -0.2) is 54.7 Å². The van der Waals surface area contributed by atoms with Crippen molar-refractivity contribution < 1.29 is 9.18 Å². The molecule has 0 saturated carbocycles. The van der Waals surface area contributed by atoms with Crippen LogP contribution in [0, 0.1) is 11.7 Å². The van der Waals surface area contributed by atoms with Crippen molar-refractivity contribution in [3.63, 3.8) is 0 Å². The van der Waals surface area contributed by atoms with E-state index in [2.05, 4.69) is 44.2 Å². The summed E-state index contributed by atoms with van der Waals surface area (Å²) >= 11 is 0. The van der Waals surface area contributed by atoms with Crippen LogP contribution in [-0.2, 0) is 11.3 Å². The molecule has 3 aromatic heterocycles. The fraction of sp³-hybridized carbons (Fsp3) is 0.400. The number of amides is 1. The standard InChI is InChI=1S/C20H25FN8O/c1-4-16(30)28-7-6-12(3)15(11-28)25-19-17-14(21)9-22-18(17)26-20(27-19)24-13-8-23-29(5-2)10-13/h4,8-10,12,15H,1,5-7,11H2,2-3H3,(H3,22,24,25,26,27)/t12-,15+/m1/s1. The molecule has 2 atom stereocenters. The summed E-state index contributed by atoms with van der Waals surface area (Å²) in [6.07, 6.45) is 6.95. The van der Waals surface area contributed by atoms with Crippen molar-refractivity contribution in [3.05, 3.63) is 37.1 Å². The first kappa shape index (κ1) is 19.9. The minimum absolute atomic E-state index is 0.0780. The molecule has 158 valence electrons. The van der Waals surface area contributed by atoms with Gasteiger partial charge in [0, 0.05) is 38.1 Å². The lowest BCUT2D eigenvalue weighted by Gasteiger charge is -2.37. The molecule has 30 heavy (non-hydrogen) atoms. The van der Waals surface area contributed by atoms with Gasteiger partial charge in [0.15, 0.2) is 5.82 Å². The molecule has 0 unspecified atom stereocenters. The van der Waals surface area contributed by atoms with E-state index in [1.807, 2.05) is 13.1 Å². The van der Waals surface area contributed by atoms with Crippen molar-refractivity contribution in [2.24, 2.45) is 5.92 Å². The summed E-state index contributed by atoms with van der Waals surface area (Å²) in [7, 11) is 0. The molecule has 4 heterocycles. The highest BCUT2D eigenvalue weighted by atomic mass is 19.1. The number of piperidine rings is 1. The van der Waals surface area contributed by atoms with Crippen LogP contribution < -0.4 is 10.6 Å². The van der Waals surface area contributed by atoms with E-state index in [1.54, 1.807) is 15.8 Å². The maximum absolute atomic E-state index is 14.5. The summed E-state index contributed by atoms with van der Waals surface area (Å²) in [4.78, 5) is 25.6. The number of fused-ring (bicyclic) bond motifs is 1.